The number of carbonyl (C=O) groups excluding carboxylic acids is 1. The van der Waals surface area contributed by atoms with Gasteiger partial charge in [0.1, 0.15) is 11.6 Å². The molecule has 1 aliphatic rings. The molecular weight excluding hydrogens is 382 g/mol. The minimum atomic E-state index is -0.570. The number of aromatic nitrogens is 2. The van der Waals surface area contributed by atoms with Gasteiger partial charge in [-0.05, 0) is 43.7 Å². The van der Waals surface area contributed by atoms with Crippen LogP contribution in [0.4, 0.5) is 5.82 Å². The molecule has 0 unspecified atom stereocenters. The normalized spacial score (nSPS) is 15.4. The quantitative estimate of drug-likeness (QED) is 0.634. The van der Waals surface area contributed by atoms with Gasteiger partial charge in [-0.2, -0.15) is 0 Å². The Kier molecular flexibility index (Phi) is 5.18. The van der Waals surface area contributed by atoms with Gasteiger partial charge in [-0.25, -0.2) is 9.48 Å². The molecule has 0 saturated heterocycles. The molecule has 0 saturated carbocycles. The summed E-state index contributed by atoms with van der Waals surface area (Å²) in [6.07, 6.45) is 0. The number of hydrogen-bond acceptors (Lipinski definition) is 5. The van der Waals surface area contributed by atoms with Crippen molar-refractivity contribution in [1.29, 1.82) is 0 Å². The predicted molar refractivity (Wildman–Crippen MR) is 114 cm³/mol. The third-order valence-electron chi connectivity index (χ3n) is 5.18. The average Bonchev–Trinajstić information content (AvgIpc) is 3.09. The van der Waals surface area contributed by atoms with E-state index in [0.29, 0.717) is 34.1 Å². The fraction of sp³-hybridized carbons (Fsp3) is 0.217. The predicted octanol–water partition coefficient (Wildman–Crippen LogP) is 3.57. The first-order valence-corrected chi connectivity index (χ1v) is 9.74. The molecule has 0 spiro atoms. The van der Waals surface area contributed by atoms with Crippen LogP contribution in [0.15, 0.2) is 70.7 Å². The van der Waals surface area contributed by atoms with Crippen molar-refractivity contribution in [3.8, 4) is 11.4 Å². The SMILES string of the molecule is CCOC(=O)C1=C(C)Nc2[nH]n(-c3ccccc3)c(=O)c2[C@@H]1c1ccc(OC)cc1. The average molecular weight is 405 g/mol. The zero-order valence-corrected chi connectivity index (χ0v) is 17.1. The van der Waals surface area contributed by atoms with Gasteiger partial charge in [0.2, 0.25) is 0 Å². The van der Waals surface area contributed by atoms with Crippen LogP contribution < -0.4 is 15.6 Å². The lowest BCUT2D eigenvalue weighted by Crippen LogP contribution is -2.28. The van der Waals surface area contributed by atoms with E-state index in [-0.39, 0.29) is 12.2 Å². The fourth-order valence-corrected chi connectivity index (χ4v) is 3.80. The zero-order chi connectivity index (χ0) is 21.3. The third kappa shape index (κ3) is 3.28. The maximum absolute atomic E-state index is 13.4. The number of carbonyl (C=O) groups is 1. The molecule has 1 atom stereocenters. The van der Waals surface area contributed by atoms with Gasteiger partial charge in [0.25, 0.3) is 5.56 Å². The molecule has 154 valence electrons. The zero-order valence-electron chi connectivity index (χ0n) is 17.1. The number of methoxy groups -OCH3 is 1. The number of para-hydroxylation sites is 1. The third-order valence-corrected chi connectivity index (χ3v) is 5.18. The standard InChI is InChI=1S/C23H23N3O4/c1-4-30-23(28)18-14(2)24-21-20(19(18)15-10-12-17(29-3)13-11-15)22(27)26(25-21)16-8-6-5-7-9-16/h5-13,19,24-25H,4H2,1-3H3/t19-/m1/s1. The molecule has 0 fully saturated rings. The Morgan fingerprint density at radius 2 is 1.80 bits per heavy atom. The Morgan fingerprint density at radius 3 is 2.43 bits per heavy atom. The van der Waals surface area contributed by atoms with Crippen molar-refractivity contribution in [2.24, 2.45) is 0 Å². The van der Waals surface area contributed by atoms with Crippen LogP contribution in [0.25, 0.3) is 5.69 Å². The molecule has 1 aliphatic heterocycles. The van der Waals surface area contributed by atoms with E-state index in [0.717, 1.165) is 5.56 Å². The molecule has 7 nitrogen and oxygen atoms in total. The van der Waals surface area contributed by atoms with Crippen LogP contribution in [0.5, 0.6) is 5.75 Å². The molecule has 0 bridgehead atoms. The monoisotopic (exact) mass is 405 g/mol. The van der Waals surface area contributed by atoms with E-state index in [1.54, 1.807) is 14.0 Å². The number of nitrogens with one attached hydrogen (secondary N) is 2. The highest BCUT2D eigenvalue weighted by atomic mass is 16.5. The van der Waals surface area contributed by atoms with E-state index in [4.69, 9.17) is 9.47 Å². The van der Waals surface area contributed by atoms with Crippen molar-refractivity contribution in [3.05, 3.63) is 87.3 Å². The lowest BCUT2D eigenvalue weighted by molar-refractivity contribution is -0.138. The van der Waals surface area contributed by atoms with Crippen LogP contribution in [0.3, 0.4) is 0 Å². The summed E-state index contributed by atoms with van der Waals surface area (Å²) < 4.78 is 12.1. The van der Waals surface area contributed by atoms with Crippen LogP contribution in [0.2, 0.25) is 0 Å². The van der Waals surface area contributed by atoms with Crippen molar-refractivity contribution in [1.82, 2.24) is 9.78 Å². The summed E-state index contributed by atoms with van der Waals surface area (Å²) in [7, 11) is 1.59. The summed E-state index contributed by atoms with van der Waals surface area (Å²) in [5.74, 6) is 0.248. The molecule has 3 aromatic rings. The van der Waals surface area contributed by atoms with Crippen LogP contribution in [-0.4, -0.2) is 29.5 Å². The summed E-state index contributed by atoms with van der Waals surface area (Å²) in [6.45, 7) is 3.82. The number of esters is 1. The lowest BCUT2D eigenvalue weighted by Gasteiger charge is -2.26. The number of H-pyrrole nitrogens is 1. The van der Waals surface area contributed by atoms with Gasteiger partial charge in [0.05, 0.1) is 36.5 Å². The second-order valence-corrected chi connectivity index (χ2v) is 6.97. The molecule has 4 rings (SSSR count). The molecule has 7 heteroatoms. The second-order valence-electron chi connectivity index (χ2n) is 6.97. The highest BCUT2D eigenvalue weighted by Crippen LogP contribution is 2.40. The summed E-state index contributed by atoms with van der Waals surface area (Å²) in [6, 6.07) is 16.7. The molecule has 0 radical (unpaired) electrons. The van der Waals surface area contributed by atoms with Crippen LogP contribution in [-0.2, 0) is 9.53 Å². The van der Waals surface area contributed by atoms with E-state index in [2.05, 4.69) is 10.4 Å². The number of hydrogen-bond donors (Lipinski definition) is 2. The Hall–Kier alpha value is -3.74. The molecule has 2 N–H and O–H groups in total. The van der Waals surface area contributed by atoms with E-state index < -0.39 is 11.9 Å². The van der Waals surface area contributed by atoms with E-state index in [1.165, 1.54) is 4.68 Å². The summed E-state index contributed by atoms with van der Waals surface area (Å²) in [4.78, 5) is 26.3. The maximum Gasteiger partial charge on any atom is 0.336 e. The van der Waals surface area contributed by atoms with Gasteiger partial charge in [-0.15, -0.1) is 0 Å². The maximum atomic E-state index is 13.4. The highest BCUT2D eigenvalue weighted by Gasteiger charge is 2.37. The van der Waals surface area contributed by atoms with Gasteiger partial charge in [-0.3, -0.25) is 9.89 Å². The first kappa shape index (κ1) is 19.6. The molecule has 30 heavy (non-hydrogen) atoms. The first-order valence-electron chi connectivity index (χ1n) is 9.74. The van der Waals surface area contributed by atoms with Gasteiger partial charge in [0.15, 0.2) is 0 Å². The Bertz CT molecular complexity index is 1160. The number of aromatic amines is 1. The number of ether oxygens (including phenoxy) is 2. The van der Waals surface area contributed by atoms with Crippen LogP contribution in [0.1, 0.15) is 30.9 Å². The molecule has 2 heterocycles. The van der Waals surface area contributed by atoms with E-state index in [9.17, 15) is 9.59 Å². The number of anilines is 1. The Morgan fingerprint density at radius 1 is 1.10 bits per heavy atom. The number of nitrogens with zero attached hydrogens (tertiary/aromatic N) is 1. The number of fused-ring (bicyclic) bond motifs is 1. The number of rotatable bonds is 5. The Labute approximate surface area is 173 Å². The minimum absolute atomic E-state index is 0.223. The first-order chi connectivity index (χ1) is 14.5. The van der Waals surface area contributed by atoms with Gasteiger partial charge >= 0.3 is 5.97 Å². The molecule has 0 aliphatic carbocycles. The molecule has 2 aromatic carbocycles. The molecule has 1 aromatic heterocycles. The minimum Gasteiger partial charge on any atom is -0.497 e. The Balaban J connectivity index is 1.92. The number of benzene rings is 2. The van der Waals surface area contributed by atoms with E-state index in [1.807, 2.05) is 61.5 Å². The van der Waals surface area contributed by atoms with Crippen molar-refractivity contribution < 1.29 is 14.3 Å². The van der Waals surface area contributed by atoms with Gasteiger partial charge < -0.3 is 14.8 Å². The molecule has 0 amide bonds. The highest BCUT2D eigenvalue weighted by molar-refractivity contribution is 5.94. The van der Waals surface area contributed by atoms with Gasteiger partial charge in [-0.1, -0.05) is 30.3 Å². The van der Waals surface area contributed by atoms with E-state index >= 15 is 0 Å². The van der Waals surface area contributed by atoms with Gasteiger partial charge in [0, 0.05) is 5.70 Å². The van der Waals surface area contributed by atoms with Crippen molar-refractivity contribution in [2.75, 3.05) is 19.0 Å². The number of allylic oxidation sites excluding steroid dienone is 1. The topological polar surface area (TPSA) is 85.4 Å². The largest absolute Gasteiger partial charge is 0.497 e. The summed E-state index contributed by atoms with van der Waals surface area (Å²) in [5.41, 5.74) is 2.82. The van der Waals surface area contributed by atoms with Crippen LogP contribution in [0, 0.1) is 0 Å². The lowest BCUT2D eigenvalue weighted by atomic mass is 9.82. The smallest absolute Gasteiger partial charge is 0.336 e. The fourth-order valence-electron chi connectivity index (χ4n) is 3.80. The summed E-state index contributed by atoms with van der Waals surface area (Å²) in [5, 5.41) is 6.32. The molecular formula is C23H23N3O4. The van der Waals surface area contributed by atoms with Crippen molar-refractivity contribution >= 4 is 11.8 Å². The van der Waals surface area contributed by atoms with Crippen molar-refractivity contribution in [2.45, 2.75) is 19.8 Å². The summed E-state index contributed by atoms with van der Waals surface area (Å²) >= 11 is 0. The second kappa shape index (κ2) is 7.94. The van der Waals surface area contributed by atoms with Crippen molar-refractivity contribution in [3.63, 3.8) is 0 Å². The van der Waals surface area contributed by atoms with Crippen LogP contribution >= 0.6 is 0 Å².